The third-order valence-electron chi connectivity index (χ3n) is 8.11. The van der Waals surface area contributed by atoms with Crippen molar-refractivity contribution in [3.63, 3.8) is 0 Å². The molecule has 0 bridgehead atoms. The molecule has 0 fully saturated rings. The molecule has 1 aliphatic rings. The highest BCUT2D eigenvalue weighted by molar-refractivity contribution is 7.92. The molecular weight excluding hydrogens is 602 g/mol. The molecule has 0 radical (unpaired) electrons. The maximum absolute atomic E-state index is 14.7. The summed E-state index contributed by atoms with van der Waals surface area (Å²) in [5.41, 5.74) is 4.62. The van der Waals surface area contributed by atoms with Crippen molar-refractivity contribution in [1.29, 1.82) is 0 Å². The van der Waals surface area contributed by atoms with Crippen LogP contribution in [0.1, 0.15) is 15.9 Å². The molecule has 0 atom stereocenters. The van der Waals surface area contributed by atoms with Gasteiger partial charge in [0.2, 0.25) is 10.0 Å². The standard InChI is InChI=1S/C33H26F2N4O5S/c1-17-5-7-18(8-6-17)32-29(33(40)36-2)21-13-19(25(15-28(21)44-32)38(3)45(4,41)42)23-10-12-27-31(37-23)26-14-20-24(39(26)16-43-27)11-9-22(34)30(20)35/h5-15H,16H2,1-4H3,(H,36,40). The Hall–Kier alpha value is -5.23. The van der Waals surface area contributed by atoms with Gasteiger partial charge in [-0.15, -0.1) is 0 Å². The fraction of sp³-hybridized carbons (Fsp3) is 0.152. The van der Waals surface area contributed by atoms with E-state index in [-0.39, 0.29) is 29.3 Å². The number of amides is 1. The van der Waals surface area contributed by atoms with E-state index in [4.69, 9.17) is 14.1 Å². The number of sulfonamides is 1. The molecule has 1 aliphatic heterocycles. The summed E-state index contributed by atoms with van der Waals surface area (Å²) >= 11 is 0. The van der Waals surface area contributed by atoms with Crippen LogP contribution in [0.5, 0.6) is 5.75 Å². The van der Waals surface area contributed by atoms with E-state index in [0.717, 1.165) is 22.2 Å². The van der Waals surface area contributed by atoms with Gasteiger partial charge in [-0.2, -0.15) is 0 Å². The molecule has 1 N–H and O–H groups in total. The molecule has 3 aromatic heterocycles. The number of rotatable bonds is 5. The van der Waals surface area contributed by atoms with Crippen LogP contribution in [0.25, 0.3) is 55.8 Å². The zero-order valence-corrected chi connectivity index (χ0v) is 25.4. The number of pyridine rings is 1. The second-order valence-electron chi connectivity index (χ2n) is 10.9. The highest BCUT2D eigenvalue weighted by Gasteiger charge is 2.28. The molecule has 0 aliphatic carbocycles. The molecule has 228 valence electrons. The highest BCUT2D eigenvalue weighted by atomic mass is 32.2. The van der Waals surface area contributed by atoms with Gasteiger partial charge in [-0.25, -0.2) is 22.2 Å². The van der Waals surface area contributed by atoms with Crippen molar-refractivity contribution < 1.29 is 31.1 Å². The minimum atomic E-state index is -3.75. The van der Waals surface area contributed by atoms with Gasteiger partial charge in [-0.05, 0) is 43.3 Å². The van der Waals surface area contributed by atoms with Crippen LogP contribution in [0.2, 0.25) is 0 Å². The van der Waals surface area contributed by atoms with Crippen molar-refractivity contribution in [2.75, 3.05) is 24.7 Å². The molecule has 4 heterocycles. The summed E-state index contributed by atoms with van der Waals surface area (Å²) in [6, 6.07) is 18.2. The topological polar surface area (TPSA) is 107 Å². The lowest BCUT2D eigenvalue weighted by molar-refractivity contribution is 0.0964. The van der Waals surface area contributed by atoms with E-state index in [0.29, 0.717) is 56.2 Å². The number of anilines is 1. The zero-order valence-electron chi connectivity index (χ0n) is 24.6. The molecular formula is C33H26F2N4O5S. The molecule has 45 heavy (non-hydrogen) atoms. The Morgan fingerprint density at radius 1 is 1.02 bits per heavy atom. The largest absolute Gasteiger partial charge is 0.470 e. The molecule has 0 spiro atoms. The molecule has 3 aromatic carbocycles. The van der Waals surface area contributed by atoms with Gasteiger partial charge in [0.05, 0.1) is 34.4 Å². The van der Waals surface area contributed by atoms with Gasteiger partial charge in [0.1, 0.15) is 22.8 Å². The minimum Gasteiger partial charge on any atom is -0.470 e. The number of hydrogen-bond donors (Lipinski definition) is 1. The van der Waals surface area contributed by atoms with Crippen LogP contribution >= 0.6 is 0 Å². The SMILES string of the molecule is CNC(=O)c1c(-c2ccc(C)cc2)oc2cc(N(C)S(C)(=O)=O)c(-c3ccc4c(n3)-c3cc5c(F)c(F)ccc5n3CO4)cc12. The summed E-state index contributed by atoms with van der Waals surface area (Å²) in [5.74, 6) is -1.57. The van der Waals surface area contributed by atoms with Crippen LogP contribution in [-0.2, 0) is 16.8 Å². The van der Waals surface area contributed by atoms with Gasteiger partial charge < -0.3 is 19.0 Å². The number of carbonyl (C=O) groups is 1. The van der Waals surface area contributed by atoms with E-state index in [1.807, 2.05) is 31.2 Å². The number of benzene rings is 3. The Morgan fingerprint density at radius 2 is 1.78 bits per heavy atom. The molecule has 1 amide bonds. The first kappa shape index (κ1) is 28.5. The average molecular weight is 629 g/mol. The van der Waals surface area contributed by atoms with Crippen LogP contribution < -0.4 is 14.4 Å². The Bertz CT molecular complexity index is 2310. The molecule has 9 nitrogen and oxygen atoms in total. The summed E-state index contributed by atoms with van der Waals surface area (Å²) in [6.07, 6.45) is 1.08. The van der Waals surface area contributed by atoms with Gasteiger partial charge in [-0.1, -0.05) is 29.8 Å². The van der Waals surface area contributed by atoms with Crippen LogP contribution in [0, 0.1) is 18.6 Å². The number of aromatic nitrogens is 2. The maximum atomic E-state index is 14.7. The van der Waals surface area contributed by atoms with E-state index in [1.54, 1.807) is 28.8 Å². The molecule has 0 saturated carbocycles. The quantitative estimate of drug-likeness (QED) is 0.234. The number of aryl methyl sites for hydroxylation is 1. The van der Waals surface area contributed by atoms with Crippen molar-refractivity contribution in [3.05, 3.63) is 89.5 Å². The number of carbonyl (C=O) groups excluding carboxylic acids is 1. The number of furan rings is 1. The first-order valence-electron chi connectivity index (χ1n) is 13.9. The predicted octanol–water partition coefficient (Wildman–Crippen LogP) is 6.48. The van der Waals surface area contributed by atoms with E-state index < -0.39 is 21.7 Å². The normalized spacial score (nSPS) is 12.6. The Balaban J connectivity index is 1.49. The fourth-order valence-corrected chi connectivity index (χ4v) is 6.18. The minimum absolute atomic E-state index is 0.0677. The summed E-state index contributed by atoms with van der Waals surface area (Å²) < 4.78 is 69.4. The van der Waals surface area contributed by atoms with Gasteiger partial charge in [0, 0.05) is 42.1 Å². The number of ether oxygens (including phenoxy) is 1. The summed E-state index contributed by atoms with van der Waals surface area (Å²) in [7, 11) is -0.813. The van der Waals surface area contributed by atoms with E-state index >= 15 is 0 Å². The zero-order chi connectivity index (χ0) is 31.8. The third-order valence-corrected chi connectivity index (χ3v) is 9.30. The average Bonchev–Trinajstić information content (AvgIpc) is 3.60. The second kappa shape index (κ2) is 10.2. The molecule has 6 aromatic rings. The van der Waals surface area contributed by atoms with Crippen molar-refractivity contribution in [2.24, 2.45) is 0 Å². The summed E-state index contributed by atoms with van der Waals surface area (Å²) in [4.78, 5) is 18.1. The first-order chi connectivity index (χ1) is 21.5. The number of halogens is 2. The van der Waals surface area contributed by atoms with Crippen molar-refractivity contribution in [2.45, 2.75) is 13.7 Å². The number of nitrogens with zero attached hydrogens (tertiary/aromatic N) is 3. The van der Waals surface area contributed by atoms with E-state index in [1.165, 1.54) is 26.2 Å². The van der Waals surface area contributed by atoms with Crippen molar-refractivity contribution in [1.82, 2.24) is 14.9 Å². The Labute approximate surface area is 256 Å². The van der Waals surface area contributed by atoms with Gasteiger partial charge >= 0.3 is 0 Å². The van der Waals surface area contributed by atoms with E-state index in [9.17, 15) is 22.0 Å². The second-order valence-corrected chi connectivity index (χ2v) is 12.9. The third kappa shape index (κ3) is 4.51. The Kier molecular flexibility index (Phi) is 6.44. The number of hydrogen-bond acceptors (Lipinski definition) is 6. The summed E-state index contributed by atoms with van der Waals surface area (Å²) in [5, 5.41) is 3.22. The lowest BCUT2D eigenvalue weighted by Gasteiger charge is -2.23. The lowest BCUT2D eigenvalue weighted by Crippen LogP contribution is -2.25. The number of fused-ring (bicyclic) bond motifs is 6. The smallest absolute Gasteiger partial charge is 0.255 e. The van der Waals surface area contributed by atoms with Crippen LogP contribution in [-0.4, -0.2) is 44.2 Å². The molecule has 12 heteroatoms. The van der Waals surface area contributed by atoms with Crippen molar-refractivity contribution >= 4 is 43.5 Å². The predicted molar refractivity (Wildman–Crippen MR) is 168 cm³/mol. The van der Waals surface area contributed by atoms with Gasteiger partial charge in [0.15, 0.2) is 18.4 Å². The molecule has 0 unspecified atom stereocenters. The van der Waals surface area contributed by atoms with Crippen LogP contribution in [0.15, 0.2) is 71.1 Å². The maximum Gasteiger partial charge on any atom is 0.255 e. The fourth-order valence-electron chi connectivity index (χ4n) is 5.67. The molecule has 0 saturated heterocycles. The lowest BCUT2D eigenvalue weighted by atomic mass is 10.00. The highest BCUT2D eigenvalue weighted by Crippen LogP contribution is 2.44. The first-order valence-corrected chi connectivity index (χ1v) is 15.8. The van der Waals surface area contributed by atoms with Gasteiger partial charge in [0.25, 0.3) is 5.91 Å². The molecule has 7 rings (SSSR count). The van der Waals surface area contributed by atoms with Crippen molar-refractivity contribution in [3.8, 4) is 39.7 Å². The monoisotopic (exact) mass is 628 g/mol. The van der Waals surface area contributed by atoms with Gasteiger partial charge in [-0.3, -0.25) is 9.10 Å². The van der Waals surface area contributed by atoms with E-state index in [2.05, 4.69) is 5.32 Å². The van der Waals surface area contributed by atoms with Crippen LogP contribution in [0.3, 0.4) is 0 Å². The summed E-state index contributed by atoms with van der Waals surface area (Å²) in [6.45, 7) is 2.02. The number of nitrogens with one attached hydrogen (secondary N) is 1. The Morgan fingerprint density at radius 3 is 2.49 bits per heavy atom. The van der Waals surface area contributed by atoms with Crippen LogP contribution in [0.4, 0.5) is 14.5 Å².